The summed E-state index contributed by atoms with van der Waals surface area (Å²) in [5.74, 6) is 1.15. The Labute approximate surface area is 107 Å². The number of rotatable bonds is 2. The van der Waals surface area contributed by atoms with Gasteiger partial charge >= 0.3 is 0 Å². The summed E-state index contributed by atoms with van der Waals surface area (Å²) in [4.78, 5) is 1.43. The average molecular weight is 249 g/mol. The van der Waals surface area contributed by atoms with E-state index in [0.717, 1.165) is 31.4 Å². The minimum absolute atomic E-state index is 0.0571. The van der Waals surface area contributed by atoms with Crippen LogP contribution in [0.4, 0.5) is 0 Å². The number of fused-ring (bicyclic) bond motifs is 1. The smallest absolute Gasteiger partial charge is 0.0541 e. The molecule has 3 heteroatoms. The molecule has 92 valence electrons. The number of hydrogen-bond acceptors (Lipinski definition) is 3. The minimum atomic E-state index is -0.0571. The van der Waals surface area contributed by atoms with E-state index in [4.69, 9.17) is 0 Å². The van der Waals surface area contributed by atoms with Gasteiger partial charge in [-0.3, -0.25) is 0 Å². The van der Waals surface area contributed by atoms with Crippen LogP contribution in [0, 0.1) is 0 Å². The van der Waals surface area contributed by atoms with Crippen LogP contribution in [0.25, 0.3) is 0 Å². The first-order valence-corrected chi connectivity index (χ1v) is 7.47. The topological polar surface area (TPSA) is 32.3 Å². The van der Waals surface area contributed by atoms with E-state index in [0.29, 0.717) is 12.1 Å². The van der Waals surface area contributed by atoms with Gasteiger partial charge < -0.3 is 10.4 Å². The van der Waals surface area contributed by atoms with E-state index in [1.54, 1.807) is 0 Å². The largest absolute Gasteiger partial charge is 0.393 e. The van der Waals surface area contributed by atoms with Gasteiger partial charge in [0.2, 0.25) is 0 Å². The van der Waals surface area contributed by atoms with E-state index in [2.05, 4.69) is 29.6 Å². The van der Waals surface area contributed by atoms with Gasteiger partial charge in [-0.2, -0.15) is 0 Å². The molecule has 1 aromatic rings. The molecular weight excluding hydrogens is 230 g/mol. The lowest BCUT2D eigenvalue weighted by Gasteiger charge is -2.29. The van der Waals surface area contributed by atoms with E-state index >= 15 is 0 Å². The second-order valence-electron chi connectivity index (χ2n) is 5.07. The predicted octanol–water partition coefficient (Wildman–Crippen LogP) is 2.73. The predicted molar refractivity (Wildman–Crippen MR) is 71.3 cm³/mol. The molecule has 0 amide bonds. The number of aliphatic hydroxyl groups is 1. The van der Waals surface area contributed by atoms with E-state index in [-0.39, 0.29) is 6.10 Å². The number of aliphatic hydroxyl groups excluding tert-OH is 1. The maximum Gasteiger partial charge on any atom is 0.0541 e. The molecule has 0 saturated heterocycles. The second-order valence-corrected chi connectivity index (χ2v) is 6.14. The molecular formula is C14H19NOS. The van der Waals surface area contributed by atoms with E-state index in [1.807, 2.05) is 11.8 Å². The van der Waals surface area contributed by atoms with Crippen molar-refractivity contribution in [2.75, 3.05) is 5.75 Å². The molecule has 2 N–H and O–H groups in total. The van der Waals surface area contributed by atoms with Crippen LogP contribution in [-0.2, 0) is 0 Å². The van der Waals surface area contributed by atoms with Crippen molar-refractivity contribution in [2.24, 2.45) is 0 Å². The Kier molecular flexibility index (Phi) is 3.41. The first kappa shape index (κ1) is 11.6. The third-order valence-electron chi connectivity index (χ3n) is 3.83. The van der Waals surface area contributed by atoms with Gasteiger partial charge in [-0.1, -0.05) is 18.2 Å². The highest BCUT2D eigenvalue weighted by atomic mass is 32.2. The van der Waals surface area contributed by atoms with E-state index in [9.17, 15) is 5.11 Å². The van der Waals surface area contributed by atoms with Crippen LogP contribution in [0.5, 0.6) is 0 Å². The normalized spacial score (nSPS) is 32.4. The number of thioether (sulfide) groups is 1. The standard InChI is InChI=1S/C14H19NOS/c16-11-7-5-10(6-8-11)15-13-9-17-14-4-2-1-3-12(13)14/h1-4,10-11,13,15-16H,5-9H2. The van der Waals surface area contributed by atoms with Crippen molar-refractivity contribution in [1.82, 2.24) is 5.32 Å². The maximum atomic E-state index is 9.51. The molecule has 1 aromatic carbocycles. The number of nitrogens with one attached hydrogen (secondary N) is 1. The fourth-order valence-electron chi connectivity index (χ4n) is 2.83. The molecule has 0 aromatic heterocycles. The highest BCUT2D eigenvalue weighted by Crippen LogP contribution is 2.38. The first-order valence-electron chi connectivity index (χ1n) is 6.49. The molecule has 1 unspecified atom stereocenters. The Morgan fingerprint density at radius 3 is 2.71 bits per heavy atom. The van der Waals surface area contributed by atoms with Gasteiger partial charge in [-0.25, -0.2) is 0 Å². The number of hydrogen-bond donors (Lipinski definition) is 2. The van der Waals surface area contributed by atoms with Crippen molar-refractivity contribution in [3.05, 3.63) is 29.8 Å². The summed E-state index contributed by atoms with van der Waals surface area (Å²) >= 11 is 1.95. The van der Waals surface area contributed by atoms with Gasteiger partial charge in [0.1, 0.15) is 0 Å². The van der Waals surface area contributed by atoms with Crippen LogP contribution in [0.3, 0.4) is 0 Å². The third-order valence-corrected chi connectivity index (χ3v) is 5.02. The van der Waals surface area contributed by atoms with Crippen molar-refractivity contribution < 1.29 is 5.11 Å². The highest BCUT2D eigenvalue weighted by molar-refractivity contribution is 7.99. The summed E-state index contributed by atoms with van der Waals surface area (Å²) in [5, 5.41) is 13.3. The van der Waals surface area contributed by atoms with Crippen LogP contribution in [0.15, 0.2) is 29.2 Å². The molecule has 1 atom stereocenters. The molecule has 0 spiro atoms. The fourth-order valence-corrected chi connectivity index (χ4v) is 4.00. The Hall–Kier alpha value is -0.510. The van der Waals surface area contributed by atoms with Crippen LogP contribution in [0.2, 0.25) is 0 Å². The molecule has 0 bridgehead atoms. The van der Waals surface area contributed by atoms with Gasteiger partial charge in [0.05, 0.1) is 6.10 Å². The average Bonchev–Trinajstić information content (AvgIpc) is 2.76. The molecule has 1 saturated carbocycles. The van der Waals surface area contributed by atoms with E-state index in [1.165, 1.54) is 10.5 Å². The fraction of sp³-hybridized carbons (Fsp3) is 0.571. The van der Waals surface area contributed by atoms with Crippen LogP contribution in [-0.4, -0.2) is 23.0 Å². The Bertz CT molecular complexity index is 388. The monoisotopic (exact) mass is 249 g/mol. The van der Waals surface area contributed by atoms with E-state index < -0.39 is 0 Å². The second kappa shape index (κ2) is 5.01. The Morgan fingerprint density at radius 2 is 1.88 bits per heavy atom. The lowest BCUT2D eigenvalue weighted by molar-refractivity contribution is 0.115. The summed E-state index contributed by atoms with van der Waals surface area (Å²) in [6, 6.07) is 9.80. The van der Waals surface area contributed by atoms with Crippen LogP contribution >= 0.6 is 11.8 Å². The molecule has 1 fully saturated rings. The molecule has 2 nitrogen and oxygen atoms in total. The molecule has 1 aliphatic heterocycles. The molecule has 2 aliphatic rings. The summed E-state index contributed by atoms with van der Waals surface area (Å²) in [5.41, 5.74) is 1.46. The van der Waals surface area contributed by atoms with Gasteiger partial charge in [-0.15, -0.1) is 11.8 Å². The van der Waals surface area contributed by atoms with Gasteiger partial charge in [-0.05, 0) is 37.3 Å². The number of benzene rings is 1. The van der Waals surface area contributed by atoms with Gasteiger partial charge in [0.25, 0.3) is 0 Å². The quantitative estimate of drug-likeness (QED) is 0.845. The minimum Gasteiger partial charge on any atom is -0.393 e. The van der Waals surface area contributed by atoms with Crippen molar-refractivity contribution in [2.45, 2.75) is 48.8 Å². The van der Waals surface area contributed by atoms with Gasteiger partial charge in [0.15, 0.2) is 0 Å². The molecule has 1 heterocycles. The lowest BCUT2D eigenvalue weighted by atomic mass is 9.92. The molecule has 3 rings (SSSR count). The molecule has 1 aliphatic carbocycles. The van der Waals surface area contributed by atoms with Gasteiger partial charge in [0, 0.05) is 22.7 Å². The zero-order valence-electron chi connectivity index (χ0n) is 9.93. The maximum absolute atomic E-state index is 9.51. The van der Waals surface area contributed by atoms with Crippen molar-refractivity contribution in [3.63, 3.8) is 0 Å². The summed E-state index contributed by atoms with van der Waals surface area (Å²) in [6.07, 6.45) is 4.09. The highest BCUT2D eigenvalue weighted by Gasteiger charge is 2.27. The van der Waals surface area contributed by atoms with Crippen molar-refractivity contribution in [3.8, 4) is 0 Å². The Morgan fingerprint density at radius 1 is 1.12 bits per heavy atom. The lowest BCUT2D eigenvalue weighted by Crippen LogP contribution is -2.37. The van der Waals surface area contributed by atoms with Crippen molar-refractivity contribution in [1.29, 1.82) is 0 Å². The summed E-state index contributed by atoms with van der Waals surface area (Å²) in [6.45, 7) is 0. The zero-order valence-corrected chi connectivity index (χ0v) is 10.7. The summed E-state index contributed by atoms with van der Waals surface area (Å²) < 4.78 is 0. The molecule has 0 radical (unpaired) electrons. The van der Waals surface area contributed by atoms with Crippen LogP contribution < -0.4 is 5.32 Å². The third kappa shape index (κ3) is 2.51. The Balaban J connectivity index is 1.64. The SMILES string of the molecule is OC1CCC(NC2CSc3ccccc32)CC1. The molecule has 17 heavy (non-hydrogen) atoms. The van der Waals surface area contributed by atoms with Crippen LogP contribution in [0.1, 0.15) is 37.3 Å². The van der Waals surface area contributed by atoms with Crippen molar-refractivity contribution >= 4 is 11.8 Å². The summed E-state index contributed by atoms with van der Waals surface area (Å²) in [7, 11) is 0. The first-order chi connectivity index (χ1) is 8.33. The zero-order chi connectivity index (χ0) is 11.7.